The smallest absolute Gasteiger partial charge is 0.321 e. The maximum absolute atomic E-state index is 12.1. The largest absolute Gasteiger partial charge is 0.480 e. The number of thiazole rings is 1. The monoisotopic (exact) mass is 335 g/mol. The van der Waals surface area contributed by atoms with E-state index in [4.69, 9.17) is 5.11 Å². The van der Waals surface area contributed by atoms with Crippen molar-refractivity contribution < 1.29 is 23.1 Å². The lowest BCUT2D eigenvalue weighted by Gasteiger charge is -2.15. The Morgan fingerprint density at radius 3 is 2.52 bits per heavy atom. The van der Waals surface area contributed by atoms with Gasteiger partial charge >= 0.3 is 5.97 Å². The molecule has 21 heavy (non-hydrogen) atoms. The second-order valence-electron chi connectivity index (χ2n) is 4.81. The number of hydrogen-bond acceptors (Lipinski definition) is 6. The fraction of sp³-hybridized carbons (Fsp3) is 0.545. The van der Waals surface area contributed by atoms with Crippen LogP contribution < -0.4 is 10.0 Å². The van der Waals surface area contributed by atoms with Gasteiger partial charge in [0.05, 0.1) is 6.20 Å². The van der Waals surface area contributed by atoms with Crippen LogP contribution >= 0.6 is 11.3 Å². The van der Waals surface area contributed by atoms with Crippen LogP contribution in [0.2, 0.25) is 0 Å². The minimum Gasteiger partial charge on any atom is -0.480 e. The molecule has 118 valence electrons. The zero-order valence-corrected chi connectivity index (χ0v) is 13.4. The summed E-state index contributed by atoms with van der Waals surface area (Å²) < 4.78 is 26.2. The quantitative estimate of drug-likeness (QED) is 0.679. The summed E-state index contributed by atoms with van der Waals surface area (Å²) in [5.74, 6) is -1.59. The fourth-order valence-electron chi connectivity index (χ4n) is 1.51. The molecule has 10 heteroatoms. The van der Waals surface area contributed by atoms with Crippen molar-refractivity contribution in [1.82, 2.24) is 9.71 Å². The van der Waals surface area contributed by atoms with Crippen LogP contribution in [0.5, 0.6) is 0 Å². The van der Waals surface area contributed by atoms with Gasteiger partial charge in [0.15, 0.2) is 9.34 Å². The van der Waals surface area contributed by atoms with Gasteiger partial charge in [-0.15, -0.1) is 0 Å². The van der Waals surface area contributed by atoms with Crippen LogP contribution in [-0.2, 0) is 19.6 Å². The number of amides is 1. The molecule has 0 unspecified atom stereocenters. The van der Waals surface area contributed by atoms with E-state index in [1.807, 2.05) is 0 Å². The third-order valence-electron chi connectivity index (χ3n) is 2.33. The molecule has 1 rings (SSSR count). The summed E-state index contributed by atoms with van der Waals surface area (Å²) in [5, 5.41) is 11.6. The molecule has 0 aromatic carbocycles. The number of nitrogens with zero attached hydrogens (tertiary/aromatic N) is 1. The zero-order chi connectivity index (χ0) is 16.2. The number of carboxylic acid groups (broad SMARTS) is 1. The van der Waals surface area contributed by atoms with E-state index in [2.05, 4.69) is 15.0 Å². The number of sulfonamides is 1. The second-order valence-corrected chi connectivity index (χ2v) is 7.78. The molecule has 3 N–H and O–H groups in total. The number of aliphatic carboxylic acids is 1. The molecule has 0 aliphatic carbocycles. The van der Waals surface area contributed by atoms with Crippen molar-refractivity contribution >= 4 is 38.4 Å². The minimum absolute atomic E-state index is 0.0187. The molecule has 0 fully saturated rings. The van der Waals surface area contributed by atoms with Crippen molar-refractivity contribution in [3.05, 3.63) is 6.20 Å². The standard InChI is InChI=1S/C11H17N3O5S2/c1-6(2)4-8(10(16)17)14-21(18,19)9-5-12-11(20-9)13-7(3)15/h5-6,8,14H,4H2,1-3H3,(H,16,17)(H,12,13,15)/t8-/m1/s1. The van der Waals surface area contributed by atoms with Gasteiger partial charge in [0.2, 0.25) is 5.91 Å². The van der Waals surface area contributed by atoms with E-state index in [9.17, 15) is 18.0 Å². The van der Waals surface area contributed by atoms with Gasteiger partial charge in [0.25, 0.3) is 10.0 Å². The van der Waals surface area contributed by atoms with E-state index >= 15 is 0 Å². The van der Waals surface area contributed by atoms with Crippen LogP contribution in [0.4, 0.5) is 5.13 Å². The van der Waals surface area contributed by atoms with Crippen LogP contribution in [0, 0.1) is 5.92 Å². The third-order valence-corrected chi connectivity index (χ3v) is 5.18. The third kappa shape index (κ3) is 5.40. The van der Waals surface area contributed by atoms with Gasteiger partial charge in [0, 0.05) is 6.92 Å². The number of carbonyl (C=O) groups excluding carboxylic acids is 1. The highest BCUT2D eigenvalue weighted by atomic mass is 32.2. The van der Waals surface area contributed by atoms with E-state index in [1.54, 1.807) is 13.8 Å². The summed E-state index contributed by atoms with van der Waals surface area (Å²) in [7, 11) is -3.99. The Morgan fingerprint density at radius 2 is 2.05 bits per heavy atom. The van der Waals surface area contributed by atoms with Crippen LogP contribution in [0.25, 0.3) is 0 Å². The fourth-order valence-corrected chi connectivity index (χ4v) is 3.80. The number of carbonyl (C=O) groups is 2. The average Bonchev–Trinajstić information content (AvgIpc) is 2.75. The lowest BCUT2D eigenvalue weighted by molar-refractivity contribution is -0.139. The molecule has 0 aliphatic rings. The number of anilines is 1. The van der Waals surface area contributed by atoms with E-state index in [1.165, 1.54) is 6.92 Å². The molecule has 1 atom stereocenters. The Morgan fingerprint density at radius 1 is 1.43 bits per heavy atom. The molecule has 0 saturated heterocycles. The summed E-state index contributed by atoms with van der Waals surface area (Å²) in [5.41, 5.74) is 0. The van der Waals surface area contributed by atoms with Gasteiger partial charge in [-0.25, -0.2) is 13.4 Å². The summed E-state index contributed by atoms with van der Waals surface area (Å²) in [6.07, 6.45) is 1.25. The molecule has 1 aromatic heterocycles. The maximum atomic E-state index is 12.1. The number of aromatic nitrogens is 1. The molecule has 1 aromatic rings. The molecule has 8 nitrogen and oxygen atoms in total. The van der Waals surface area contributed by atoms with Gasteiger partial charge < -0.3 is 10.4 Å². The first kappa shape index (κ1) is 17.5. The van der Waals surface area contributed by atoms with Crippen LogP contribution in [0.1, 0.15) is 27.2 Å². The molecular formula is C11H17N3O5S2. The second kappa shape index (κ2) is 6.96. The number of hydrogen-bond donors (Lipinski definition) is 3. The zero-order valence-electron chi connectivity index (χ0n) is 11.8. The van der Waals surface area contributed by atoms with Crippen LogP contribution in [0.3, 0.4) is 0 Å². The Balaban J connectivity index is 2.91. The molecular weight excluding hydrogens is 318 g/mol. The number of nitrogens with one attached hydrogen (secondary N) is 2. The molecule has 0 spiro atoms. The highest BCUT2D eigenvalue weighted by molar-refractivity contribution is 7.91. The van der Waals surface area contributed by atoms with Crippen LogP contribution in [0.15, 0.2) is 10.4 Å². The van der Waals surface area contributed by atoms with Crippen molar-refractivity contribution in [1.29, 1.82) is 0 Å². The van der Waals surface area contributed by atoms with Crippen molar-refractivity contribution in [3.63, 3.8) is 0 Å². The van der Waals surface area contributed by atoms with Crippen LogP contribution in [-0.4, -0.2) is 36.4 Å². The predicted octanol–water partition coefficient (Wildman–Crippen LogP) is 0.879. The SMILES string of the molecule is CC(=O)Nc1ncc(S(=O)(=O)N[C@H](CC(C)C)C(=O)O)s1. The maximum Gasteiger partial charge on any atom is 0.321 e. The predicted molar refractivity (Wildman–Crippen MR) is 77.6 cm³/mol. The Labute approximate surface area is 126 Å². The summed E-state index contributed by atoms with van der Waals surface area (Å²) in [6, 6.07) is -1.21. The molecule has 0 bridgehead atoms. The van der Waals surface area contributed by atoms with Crippen molar-refractivity contribution in [2.45, 2.75) is 37.4 Å². The first-order chi connectivity index (χ1) is 9.61. The summed E-state index contributed by atoms with van der Waals surface area (Å²) >= 11 is 0.754. The van der Waals surface area contributed by atoms with E-state index in [0.717, 1.165) is 17.5 Å². The van der Waals surface area contributed by atoms with Gasteiger partial charge in [-0.1, -0.05) is 25.2 Å². The van der Waals surface area contributed by atoms with Crippen molar-refractivity contribution in [2.24, 2.45) is 5.92 Å². The summed E-state index contributed by atoms with van der Waals surface area (Å²) in [4.78, 5) is 25.7. The van der Waals surface area contributed by atoms with E-state index < -0.39 is 22.0 Å². The topological polar surface area (TPSA) is 125 Å². The average molecular weight is 335 g/mol. The molecule has 1 amide bonds. The van der Waals surface area contributed by atoms with Crippen molar-refractivity contribution in [2.75, 3.05) is 5.32 Å². The molecule has 0 aliphatic heterocycles. The van der Waals surface area contributed by atoms with Gasteiger partial charge in [-0.3, -0.25) is 9.59 Å². The van der Waals surface area contributed by atoms with E-state index in [-0.39, 0.29) is 27.6 Å². The van der Waals surface area contributed by atoms with Gasteiger partial charge in [-0.2, -0.15) is 4.72 Å². The summed E-state index contributed by atoms with van der Waals surface area (Å²) in [6.45, 7) is 4.87. The first-order valence-corrected chi connectivity index (χ1v) is 8.40. The molecule has 1 heterocycles. The lowest BCUT2D eigenvalue weighted by Crippen LogP contribution is -2.41. The molecule has 0 saturated carbocycles. The lowest BCUT2D eigenvalue weighted by atomic mass is 10.1. The number of rotatable bonds is 7. The Kier molecular flexibility index (Phi) is 5.81. The van der Waals surface area contributed by atoms with E-state index in [0.29, 0.717) is 0 Å². The normalized spacial score (nSPS) is 13.1. The highest BCUT2D eigenvalue weighted by Gasteiger charge is 2.27. The Bertz CT molecular complexity index is 624. The Hall–Kier alpha value is -1.52. The van der Waals surface area contributed by atoms with Gasteiger partial charge in [0.1, 0.15) is 6.04 Å². The minimum atomic E-state index is -3.99. The first-order valence-electron chi connectivity index (χ1n) is 6.10. The number of carboxylic acids is 1. The molecule has 0 radical (unpaired) electrons. The van der Waals surface area contributed by atoms with Gasteiger partial charge in [-0.05, 0) is 12.3 Å². The van der Waals surface area contributed by atoms with Crippen molar-refractivity contribution in [3.8, 4) is 0 Å². The highest BCUT2D eigenvalue weighted by Crippen LogP contribution is 2.23.